The number of fused-ring (bicyclic) bond motifs is 1. The molecule has 0 fully saturated rings. The third-order valence-electron chi connectivity index (χ3n) is 4.22. The van der Waals surface area contributed by atoms with Crippen molar-refractivity contribution >= 4 is 11.6 Å². The van der Waals surface area contributed by atoms with Gasteiger partial charge in [0.05, 0.1) is 24.2 Å². The van der Waals surface area contributed by atoms with Gasteiger partial charge in [-0.3, -0.25) is 4.98 Å². The number of methoxy groups -OCH3 is 1. The fraction of sp³-hybridized carbons (Fsp3) is 0.222. The lowest BCUT2D eigenvalue weighted by Crippen LogP contribution is -2.00. The van der Waals surface area contributed by atoms with Crippen molar-refractivity contribution in [1.29, 1.82) is 0 Å². The lowest BCUT2D eigenvalue weighted by molar-refractivity contribution is 0.417. The van der Waals surface area contributed by atoms with Gasteiger partial charge < -0.3 is 20.4 Å². The summed E-state index contributed by atoms with van der Waals surface area (Å²) in [7, 11) is 1.62. The maximum Gasteiger partial charge on any atom is 0.204 e. The average Bonchev–Trinajstić information content (AvgIpc) is 3.15. The van der Waals surface area contributed by atoms with Crippen molar-refractivity contribution in [3.8, 4) is 28.4 Å². The second-order valence-electron chi connectivity index (χ2n) is 5.83. The van der Waals surface area contributed by atoms with E-state index in [1.807, 2.05) is 43.3 Å². The Kier molecular flexibility index (Phi) is 3.37. The molecule has 1 aliphatic heterocycles. The van der Waals surface area contributed by atoms with Crippen LogP contribution in [0.4, 0.5) is 11.6 Å². The molecule has 0 saturated carbocycles. The number of nitrogens with two attached hydrogens (primary N) is 1. The molecule has 0 unspecified atom stereocenters. The van der Waals surface area contributed by atoms with Gasteiger partial charge in [-0.1, -0.05) is 6.07 Å². The minimum Gasteiger partial charge on any atom is -0.495 e. The van der Waals surface area contributed by atoms with Gasteiger partial charge in [-0.25, -0.2) is 4.98 Å². The molecule has 3 aromatic rings. The number of nitrogens with one attached hydrogen (secondary N) is 1. The summed E-state index contributed by atoms with van der Waals surface area (Å²) in [5, 5.41) is 3.32. The fourth-order valence-electron chi connectivity index (χ4n) is 3.11. The van der Waals surface area contributed by atoms with Gasteiger partial charge in [0, 0.05) is 24.3 Å². The molecule has 1 aromatic carbocycles. The zero-order chi connectivity index (χ0) is 16.7. The average molecular weight is 321 g/mol. The molecule has 3 N–H and O–H groups in total. The molecule has 0 radical (unpaired) electrons. The lowest BCUT2D eigenvalue weighted by Gasteiger charge is -2.10. The molecule has 0 bridgehead atoms. The Labute approximate surface area is 140 Å². The van der Waals surface area contributed by atoms with Crippen molar-refractivity contribution in [2.45, 2.75) is 13.5 Å². The van der Waals surface area contributed by atoms with Gasteiger partial charge in [0.2, 0.25) is 5.95 Å². The highest BCUT2D eigenvalue weighted by molar-refractivity contribution is 5.82. The minimum atomic E-state index is 0.611. The van der Waals surface area contributed by atoms with Crippen LogP contribution in [-0.2, 0) is 6.54 Å². The van der Waals surface area contributed by atoms with Crippen LogP contribution in [-0.4, -0.2) is 28.2 Å². The second-order valence-corrected chi connectivity index (χ2v) is 5.83. The number of benzene rings is 1. The molecule has 122 valence electrons. The van der Waals surface area contributed by atoms with Crippen LogP contribution >= 0.6 is 0 Å². The Morgan fingerprint density at radius 1 is 1.21 bits per heavy atom. The van der Waals surface area contributed by atoms with Crippen molar-refractivity contribution in [3.63, 3.8) is 0 Å². The molecular formula is C18H19N5O. The van der Waals surface area contributed by atoms with Crippen molar-refractivity contribution in [3.05, 3.63) is 42.1 Å². The van der Waals surface area contributed by atoms with E-state index < -0.39 is 0 Å². The number of ether oxygens (including phenoxy) is 1. The summed E-state index contributed by atoms with van der Waals surface area (Å²) in [4.78, 5) is 9.41. The van der Waals surface area contributed by atoms with Gasteiger partial charge in [-0.2, -0.15) is 0 Å². The first-order valence-electron chi connectivity index (χ1n) is 7.89. The van der Waals surface area contributed by atoms with Gasteiger partial charge in [-0.05, 0) is 37.3 Å². The monoisotopic (exact) mass is 321 g/mol. The number of hydrogen-bond acceptors (Lipinski definition) is 5. The Morgan fingerprint density at radius 3 is 2.83 bits per heavy atom. The first kappa shape index (κ1) is 14.6. The highest BCUT2D eigenvalue weighted by Crippen LogP contribution is 2.37. The molecule has 1 aliphatic rings. The molecule has 24 heavy (non-hydrogen) atoms. The molecule has 0 saturated heterocycles. The van der Waals surface area contributed by atoms with Crippen LogP contribution in [0.2, 0.25) is 0 Å². The van der Waals surface area contributed by atoms with Crippen LogP contribution in [0.25, 0.3) is 22.6 Å². The number of aromatic nitrogens is 3. The summed E-state index contributed by atoms with van der Waals surface area (Å²) < 4.78 is 7.45. The van der Waals surface area contributed by atoms with Crippen molar-refractivity contribution in [2.75, 3.05) is 24.7 Å². The van der Waals surface area contributed by atoms with Crippen LogP contribution in [0.15, 0.2) is 36.4 Å². The molecular weight excluding hydrogens is 302 g/mol. The van der Waals surface area contributed by atoms with Gasteiger partial charge in [0.1, 0.15) is 11.4 Å². The Hall–Kier alpha value is -3.02. The smallest absolute Gasteiger partial charge is 0.204 e. The van der Waals surface area contributed by atoms with E-state index in [9.17, 15) is 0 Å². The van der Waals surface area contributed by atoms with Crippen LogP contribution in [0.3, 0.4) is 0 Å². The third-order valence-corrected chi connectivity index (χ3v) is 4.22. The zero-order valence-corrected chi connectivity index (χ0v) is 13.7. The SMILES string of the molecule is COc1ccc(-c2c(-c3cccc(C)n3)nc3n2CCN3)cc1N. The second kappa shape index (κ2) is 5.56. The maximum atomic E-state index is 6.11. The Balaban J connectivity index is 1.92. The zero-order valence-electron chi connectivity index (χ0n) is 13.7. The standard InChI is InChI=1S/C18H19N5O/c1-11-4-3-5-14(21-11)16-17(23-9-8-20-18(23)22-16)12-6-7-15(24-2)13(19)10-12/h3-7,10H,8-9,19H2,1-2H3,(H,20,22). The summed E-state index contributed by atoms with van der Waals surface area (Å²) in [5.41, 5.74) is 11.5. The van der Waals surface area contributed by atoms with E-state index in [1.54, 1.807) is 7.11 Å². The Bertz CT molecular complexity index is 916. The van der Waals surface area contributed by atoms with Gasteiger partial charge in [-0.15, -0.1) is 0 Å². The van der Waals surface area contributed by atoms with Crippen LogP contribution in [0.5, 0.6) is 5.75 Å². The molecule has 6 nitrogen and oxygen atoms in total. The number of nitrogen functional groups attached to an aromatic ring is 1. The number of rotatable bonds is 3. The highest BCUT2D eigenvalue weighted by atomic mass is 16.5. The molecule has 0 amide bonds. The molecule has 6 heteroatoms. The minimum absolute atomic E-state index is 0.611. The number of aryl methyl sites for hydroxylation is 1. The molecule has 0 atom stereocenters. The molecule has 4 rings (SSSR count). The number of pyridine rings is 1. The highest BCUT2D eigenvalue weighted by Gasteiger charge is 2.24. The number of imidazole rings is 1. The third kappa shape index (κ3) is 2.27. The largest absolute Gasteiger partial charge is 0.495 e. The van der Waals surface area contributed by atoms with E-state index in [1.165, 1.54) is 0 Å². The van der Waals surface area contributed by atoms with Crippen LogP contribution < -0.4 is 15.8 Å². The lowest BCUT2D eigenvalue weighted by atomic mass is 10.1. The molecule has 3 heterocycles. The number of anilines is 2. The van der Waals surface area contributed by atoms with E-state index in [4.69, 9.17) is 15.5 Å². The van der Waals surface area contributed by atoms with Crippen molar-refractivity contribution < 1.29 is 4.74 Å². The first-order chi connectivity index (χ1) is 11.7. The molecule has 0 aliphatic carbocycles. The van der Waals surface area contributed by atoms with E-state index in [-0.39, 0.29) is 0 Å². The number of nitrogens with zero attached hydrogens (tertiary/aromatic N) is 3. The van der Waals surface area contributed by atoms with Crippen LogP contribution in [0, 0.1) is 6.92 Å². The van der Waals surface area contributed by atoms with Crippen molar-refractivity contribution in [1.82, 2.24) is 14.5 Å². The predicted molar refractivity (Wildman–Crippen MR) is 95.1 cm³/mol. The predicted octanol–water partition coefficient (Wildman–Crippen LogP) is 2.94. The summed E-state index contributed by atoms with van der Waals surface area (Å²) >= 11 is 0. The van der Waals surface area contributed by atoms with E-state index in [0.717, 1.165) is 47.4 Å². The van der Waals surface area contributed by atoms with E-state index in [2.05, 4.69) is 14.9 Å². The topological polar surface area (TPSA) is 78.0 Å². The number of hydrogen-bond donors (Lipinski definition) is 2. The van der Waals surface area contributed by atoms with Gasteiger partial charge >= 0.3 is 0 Å². The van der Waals surface area contributed by atoms with E-state index in [0.29, 0.717) is 11.4 Å². The van der Waals surface area contributed by atoms with Crippen LogP contribution in [0.1, 0.15) is 5.69 Å². The van der Waals surface area contributed by atoms with Gasteiger partial charge in [0.25, 0.3) is 0 Å². The molecule has 2 aromatic heterocycles. The summed E-state index contributed by atoms with van der Waals surface area (Å²) in [6, 6.07) is 11.8. The summed E-state index contributed by atoms with van der Waals surface area (Å²) in [6.07, 6.45) is 0. The van der Waals surface area contributed by atoms with Crippen molar-refractivity contribution in [2.24, 2.45) is 0 Å². The Morgan fingerprint density at radius 2 is 2.08 bits per heavy atom. The first-order valence-corrected chi connectivity index (χ1v) is 7.89. The van der Waals surface area contributed by atoms with Gasteiger partial charge in [0.15, 0.2) is 0 Å². The quantitative estimate of drug-likeness (QED) is 0.725. The normalized spacial score (nSPS) is 12.8. The maximum absolute atomic E-state index is 6.11. The van der Waals surface area contributed by atoms with E-state index >= 15 is 0 Å². The fourth-order valence-corrected chi connectivity index (χ4v) is 3.11. The summed E-state index contributed by atoms with van der Waals surface area (Å²) in [6.45, 7) is 3.73. The summed E-state index contributed by atoms with van der Waals surface area (Å²) in [5.74, 6) is 1.55. The molecule has 0 spiro atoms.